The van der Waals surface area contributed by atoms with E-state index < -0.39 is 0 Å². The highest BCUT2D eigenvalue weighted by Gasteiger charge is 2.20. The van der Waals surface area contributed by atoms with E-state index in [1.54, 1.807) is 0 Å². The van der Waals surface area contributed by atoms with Crippen LogP contribution in [-0.4, -0.2) is 9.97 Å². The van der Waals surface area contributed by atoms with E-state index in [0.29, 0.717) is 21.9 Å². The molecule has 0 bridgehead atoms. The summed E-state index contributed by atoms with van der Waals surface area (Å²) >= 11 is 2.90. The number of aromatic nitrogens is 2. The molecule has 0 aliphatic carbocycles. The van der Waals surface area contributed by atoms with Gasteiger partial charge in [-0.15, -0.1) is 11.3 Å². The van der Waals surface area contributed by atoms with Crippen LogP contribution in [0.2, 0.25) is 0 Å². The Kier molecular flexibility index (Phi) is 6.60. The van der Waals surface area contributed by atoms with Gasteiger partial charge in [0.15, 0.2) is 5.13 Å². The van der Waals surface area contributed by atoms with E-state index in [1.807, 2.05) is 61.7 Å². The van der Waals surface area contributed by atoms with Gasteiger partial charge in [0.2, 0.25) is 0 Å². The van der Waals surface area contributed by atoms with Gasteiger partial charge in [-0.3, -0.25) is 0 Å². The molecule has 0 amide bonds. The van der Waals surface area contributed by atoms with Gasteiger partial charge in [0.05, 0.1) is 11.3 Å². The average molecular weight is 469 g/mol. The number of hydrogen-bond donors (Lipinski definition) is 2. The number of nitrogens with zero attached hydrogens (tertiary/aromatic N) is 4. The third-order valence-electron chi connectivity index (χ3n) is 4.93. The fraction of sp³-hybridized carbons (Fsp3) is 0.120. The van der Waals surface area contributed by atoms with Gasteiger partial charge in [0.1, 0.15) is 28.5 Å². The summed E-state index contributed by atoms with van der Waals surface area (Å²) in [6.07, 6.45) is 0. The molecule has 4 rings (SSSR count). The topological polar surface area (TPSA) is 111 Å². The van der Waals surface area contributed by atoms with E-state index >= 15 is 0 Å². The monoisotopic (exact) mass is 468 g/mol. The van der Waals surface area contributed by atoms with Crippen LogP contribution in [0.3, 0.4) is 0 Å². The zero-order chi connectivity index (χ0) is 23.4. The van der Waals surface area contributed by atoms with E-state index in [-0.39, 0.29) is 11.4 Å². The Bertz CT molecular complexity index is 1390. The number of benzene rings is 2. The number of nitriles is 2. The van der Waals surface area contributed by atoms with Crippen molar-refractivity contribution in [2.75, 3.05) is 11.1 Å². The van der Waals surface area contributed by atoms with E-state index in [0.717, 1.165) is 27.6 Å². The highest BCUT2D eigenvalue weighted by Crippen LogP contribution is 2.37. The molecule has 0 unspecified atom stereocenters. The lowest BCUT2D eigenvalue weighted by Gasteiger charge is -2.13. The van der Waals surface area contributed by atoms with Crippen molar-refractivity contribution in [1.82, 2.24) is 9.97 Å². The molecule has 0 spiro atoms. The Morgan fingerprint density at radius 1 is 1.00 bits per heavy atom. The number of hydrogen-bond acceptors (Lipinski definition) is 8. The van der Waals surface area contributed by atoms with Crippen molar-refractivity contribution in [2.45, 2.75) is 24.6 Å². The number of aryl methyl sites for hydroxylation is 2. The van der Waals surface area contributed by atoms with Gasteiger partial charge >= 0.3 is 0 Å². The number of anilines is 3. The SMILES string of the molecule is Cc1ccc(-c2c(C#N)c(N)nc(SCc3csc(Nc4cccc(C)c4)n3)c2C#N)cc1. The molecule has 2 aromatic heterocycles. The summed E-state index contributed by atoms with van der Waals surface area (Å²) in [7, 11) is 0. The summed E-state index contributed by atoms with van der Waals surface area (Å²) in [5.41, 5.74) is 12.1. The lowest BCUT2D eigenvalue weighted by Crippen LogP contribution is -2.03. The van der Waals surface area contributed by atoms with Crippen LogP contribution in [0.4, 0.5) is 16.6 Å². The van der Waals surface area contributed by atoms with E-state index in [2.05, 4.69) is 33.5 Å². The molecule has 0 radical (unpaired) electrons. The second kappa shape index (κ2) is 9.74. The first-order valence-electron chi connectivity index (χ1n) is 10.1. The molecule has 0 fully saturated rings. The molecule has 0 aliphatic heterocycles. The minimum Gasteiger partial charge on any atom is -0.383 e. The van der Waals surface area contributed by atoms with Crippen molar-refractivity contribution in [1.29, 1.82) is 10.5 Å². The predicted molar refractivity (Wildman–Crippen MR) is 134 cm³/mol. The van der Waals surface area contributed by atoms with Gasteiger partial charge in [-0.2, -0.15) is 10.5 Å². The first kappa shape index (κ1) is 22.3. The zero-order valence-corrected chi connectivity index (χ0v) is 19.7. The number of rotatable bonds is 6. The largest absolute Gasteiger partial charge is 0.383 e. The smallest absolute Gasteiger partial charge is 0.187 e. The maximum absolute atomic E-state index is 9.94. The van der Waals surface area contributed by atoms with E-state index in [1.165, 1.54) is 28.7 Å². The van der Waals surface area contributed by atoms with E-state index in [4.69, 9.17) is 5.73 Å². The van der Waals surface area contributed by atoms with Crippen molar-refractivity contribution in [3.8, 4) is 23.3 Å². The minimum atomic E-state index is 0.120. The second-order valence-electron chi connectivity index (χ2n) is 7.44. The van der Waals surface area contributed by atoms with E-state index in [9.17, 15) is 10.5 Å². The van der Waals surface area contributed by atoms with Crippen LogP contribution < -0.4 is 11.1 Å². The number of pyridine rings is 1. The normalized spacial score (nSPS) is 10.4. The zero-order valence-electron chi connectivity index (χ0n) is 18.1. The number of nitrogens with two attached hydrogens (primary N) is 1. The quantitative estimate of drug-likeness (QED) is 0.325. The number of thiazole rings is 1. The van der Waals surface area contributed by atoms with Crippen molar-refractivity contribution >= 4 is 39.7 Å². The molecule has 0 atom stereocenters. The molecule has 162 valence electrons. The van der Waals surface area contributed by atoms with Crippen molar-refractivity contribution < 1.29 is 0 Å². The lowest BCUT2D eigenvalue weighted by atomic mass is 9.96. The molecule has 3 N–H and O–H groups in total. The maximum Gasteiger partial charge on any atom is 0.187 e. The van der Waals surface area contributed by atoms with Crippen molar-refractivity contribution in [2.24, 2.45) is 0 Å². The Morgan fingerprint density at radius 3 is 2.45 bits per heavy atom. The number of nitrogen functional groups attached to an aromatic ring is 1. The molecule has 0 aliphatic rings. The summed E-state index contributed by atoms with van der Waals surface area (Å²) in [5, 5.41) is 26.2. The first-order valence-corrected chi connectivity index (χ1v) is 12.0. The Morgan fingerprint density at radius 2 is 1.76 bits per heavy atom. The first-order chi connectivity index (χ1) is 16.0. The summed E-state index contributed by atoms with van der Waals surface area (Å²) < 4.78 is 0. The predicted octanol–water partition coefficient (Wildman–Crippen LogP) is 6.18. The minimum absolute atomic E-state index is 0.120. The molecule has 6 nitrogen and oxygen atoms in total. The molecule has 2 aromatic carbocycles. The highest BCUT2D eigenvalue weighted by molar-refractivity contribution is 7.98. The summed E-state index contributed by atoms with van der Waals surface area (Å²) in [6, 6.07) is 20.1. The van der Waals surface area contributed by atoms with Crippen molar-refractivity contribution in [3.63, 3.8) is 0 Å². The molecular formula is C25H20N6S2. The van der Waals surface area contributed by atoms with Gasteiger partial charge in [0.25, 0.3) is 0 Å². The Labute approximate surface area is 200 Å². The maximum atomic E-state index is 9.94. The van der Waals surface area contributed by atoms with Crippen LogP contribution in [0.15, 0.2) is 58.9 Å². The second-order valence-corrected chi connectivity index (χ2v) is 9.27. The van der Waals surface area contributed by atoms with Gasteiger partial charge < -0.3 is 11.1 Å². The van der Waals surface area contributed by atoms with Crippen LogP contribution in [0.25, 0.3) is 11.1 Å². The summed E-state index contributed by atoms with van der Waals surface area (Å²) in [5.74, 6) is 0.640. The third kappa shape index (κ3) is 4.98. The molecule has 2 heterocycles. The van der Waals surface area contributed by atoms with Gasteiger partial charge in [-0.25, -0.2) is 9.97 Å². The molecule has 0 saturated carbocycles. The molecule has 8 heteroatoms. The van der Waals surface area contributed by atoms with Gasteiger partial charge in [-0.1, -0.05) is 53.7 Å². The van der Waals surface area contributed by atoms with Crippen LogP contribution in [-0.2, 0) is 5.75 Å². The van der Waals surface area contributed by atoms with Crippen LogP contribution in [0, 0.1) is 36.5 Å². The highest BCUT2D eigenvalue weighted by atomic mass is 32.2. The van der Waals surface area contributed by atoms with Crippen LogP contribution in [0.5, 0.6) is 0 Å². The summed E-state index contributed by atoms with van der Waals surface area (Å²) in [6.45, 7) is 4.03. The summed E-state index contributed by atoms with van der Waals surface area (Å²) in [4.78, 5) is 9.02. The molecule has 33 heavy (non-hydrogen) atoms. The Balaban J connectivity index is 1.60. The average Bonchev–Trinajstić information content (AvgIpc) is 3.25. The van der Waals surface area contributed by atoms with Crippen LogP contribution in [0.1, 0.15) is 27.9 Å². The van der Waals surface area contributed by atoms with Gasteiger partial charge in [0, 0.05) is 22.4 Å². The van der Waals surface area contributed by atoms with Crippen LogP contribution >= 0.6 is 23.1 Å². The van der Waals surface area contributed by atoms with Crippen molar-refractivity contribution in [3.05, 3.63) is 81.9 Å². The standard InChI is InChI=1S/C25H20N6S2/c1-15-6-8-17(9-7-15)22-20(11-26)23(28)31-24(21(22)12-27)32-13-19-14-33-25(30-19)29-18-5-3-4-16(2)10-18/h3-10,14H,13H2,1-2H3,(H2,28,31)(H,29,30). The van der Waals surface area contributed by atoms with Gasteiger partial charge in [-0.05, 0) is 37.1 Å². The fourth-order valence-electron chi connectivity index (χ4n) is 3.33. The number of nitrogens with one attached hydrogen (secondary N) is 1. The molecule has 0 saturated heterocycles. The fourth-order valence-corrected chi connectivity index (χ4v) is 5.05. The molecular weight excluding hydrogens is 448 g/mol. The third-order valence-corrected chi connectivity index (χ3v) is 6.75. The molecule has 4 aromatic rings. The lowest BCUT2D eigenvalue weighted by molar-refractivity contribution is 1.11. The Hall–Kier alpha value is -3.85. The number of thioether (sulfide) groups is 1.